The second kappa shape index (κ2) is 7.94. The van der Waals surface area contributed by atoms with Crippen molar-refractivity contribution < 1.29 is 14.3 Å². The Morgan fingerprint density at radius 3 is 2.74 bits per heavy atom. The molecule has 3 aromatic rings. The van der Waals surface area contributed by atoms with E-state index in [-0.39, 0.29) is 29.8 Å². The molecular weight excluding hydrogens is 394 g/mol. The Labute approximate surface area is 180 Å². The molecule has 0 spiro atoms. The molecule has 1 atom stereocenters. The van der Waals surface area contributed by atoms with Gasteiger partial charge < -0.3 is 10.1 Å². The minimum atomic E-state index is -0.849. The highest BCUT2D eigenvalue weighted by Crippen LogP contribution is 2.26. The maximum atomic E-state index is 13.0. The smallest absolute Gasteiger partial charge is 0.340 e. The van der Waals surface area contributed by atoms with Crippen molar-refractivity contribution in [1.82, 2.24) is 20.1 Å². The van der Waals surface area contributed by atoms with Crippen LogP contribution in [0.3, 0.4) is 0 Å². The van der Waals surface area contributed by atoms with Gasteiger partial charge in [-0.15, -0.1) is 0 Å². The molecule has 2 aromatic heterocycles. The molecule has 0 saturated carbocycles. The van der Waals surface area contributed by atoms with Crippen LogP contribution in [0.2, 0.25) is 0 Å². The maximum Gasteiger partial charge on any atom is 0.340 e. The Balaban J connectivity index is 1.69. The molecule has 31 heavy (non-hydrogen) atoms. The maximum absolute atomic E-state index is 13.0. The topological polar surface area (TPSA) is 98.5 Å². The Hall–Kier alpha value is -3.55. The number of pyridine rings is 1. The molecule has 1 aliphatic heterocycles. The van der Waals surface area contributed by atoms with Crippen LogP contribution in [0.5, 0.6) is 0 Å². The fourth-order valence-corrected chi connectivity index (χ4v) is 3.38. The normalized spacial score (nSPS) is 18.4. The second-order valence-corrected chi connectivity index (χ2v) is 8.11. The molecule has 8 nitrogen and oxygen atoms in total. The number of para-hydroxylation sites is 1. The number of amidine groups is 1. The van der Waals surface area contributed by atoms with Crippen molar-refractivity contribution in [2.24, 2.45) is 10.9 Å². The zero-order valence-corrected chi connectivity index (χ0v) is 18.0. The monoisotopic (exact) mass is 419 g/mol. The third kappa shape index (κ3) is 3.81. The largest absolute Gasteiger partial charge is 0.457 e. The van der Waals surface area contributed by atoms with Gasteiger partial charge in [0.2, 0.25) is 0 Å². The second-order valence-electron chi connectivity index (χ2n) is 8.11. The summed E-state index contributed by atoms with van der Waals surface area (Å²) in [4.78, 5) is 34.5. The van der Waals surface area contributed by atoms with E-state index in [0.29, 0.717) is 11.2 Å². The highest BCUT2D eigenvalue weighted by molar-refractivity contribution is 6.17. The van der Waals surface area contributed by atoms with E-state index in [1.54, 1.807) is 23.9 Å². The van der Waals surface area contributed by atoms with Crippen molar-refractivity contribution in [3.63, 3.8) is 0 Å². The van der Waals surface area contributed by atoms with Gasteiger partial charge in [0.15, 0.2) is 5.84 Å². The van der Waals surface area contributed by atoms with E-state index in [4.69, 9.17) is 4.74 Å². The number of aromatic nitrogens is 3. The lowest BCUT2D eigenvalue weighted by Crippen LogP contribution is -2.50. The zero-order chi connectivity index (χ0) is 22.2. The van der Waals surface area contributed by atoms with Crippen molar-refractivity contribution in [2.45, 2.75) is 46.4 Å². The molecule has 0 bridgehead atoms. The van der Waals surface area contributed by atoms with Crippen molar-refractivity contribution >= 4 is 28.6 Å². The van der Waals surface area contributed by atoms with E-state index in [0.717, 1.165) is 17.5 Å². The summed E-state index contributed by atoms with van der Waals surface area (Å²) >= 11 is 0. The summed E-state index contributed by atoms with van der Waals surface area (Å²) in [5, 5.41) is 8.19. The van der Waals surface area contributed by atoms with E-state index in [1.807, 2.05) is 51.2 Å². The number of hydrogen-bond acceptors (Lipinski definition) is 6. The van der Waals surface area contributed by atoms with Crippen LogP contribution in [-0.4, -0.2) is 38.0 Å². The van der Waals surface area contributed by atoms with E-state index >= 15 is 0 Å². The zero-order valence-electron chi connectivity index (χ0n) is 18.0. The summed E-state index contributed by atoms with van der Waals surface area (Å²) in [6.07, 6.45) is 3.51. The molecule has 1 aliphatic rings. The SMILES string of the molecule is CCn1cc(COC(=O)c2cc3ccccc3nc2C2=NC(=O)C(C)(C(C)C)N2)cn1. The Bertz CT molecular complexity index is 1200. The summed E-state index contributed by atoms with van der Waals surface area (Å²) in [5.41, 5.74) is 1.22. The van der Waals surface area contributed by atoms with Gasteiger partial charge in [-0.1, -0.05) is 32.0 Å². The van der Waals surface area contributed by atoms with Gasteiger partial charge in [0.05, 0.1) is 17.3 Å². The third-order valence-corrected chi connectivity index (χ3v) is 5.74. The fourth-order valence-electron chi connectivity index (χ4n) is 3.38. The molecule has 0 radical (unpaired) electrons. The molecule has 8 heteroatoms. The van der Waals surface area contributed by atoms with Crippen LogP contribution in [0.1, 0.15) is 49.3 Å². The molecule has 160 valence electrons. The first kappa shape index (κ1) is 20.7. The molecule has 4 rings (SSSR count). The molecule has 1 amide bonds. The standard InChI is InChI=1S/C23H25N5O3/c1-5-28-12-15(11-24-28)13-31-21(29)17-10-16-8-6-7-9-18(16)25-19(17)20-26-22(30)23(4,27-20)14(2)3/h6-12,14H,5,13H2,1-4H3,(H,26,27,30). The van der Waals surface area contributed by atoms with Crippen LogP contribution in [-0.2, 0) is 22.7 Å². The predicted octanol–water partition coefficient (Wildman–Crippen LogP) is 3.10. The van der Waals surface area contributed by atoms with Crippen molar-refractivity contribution in [1.29, 1.82) is 0 Å². The van der Waals surface area contributed by atoms with Gasteiger partial charge in [-0.25, -0.2) is 9.78 Å². The first-order chi connectivity index (χ1) is 14.8. The van der Waals surface area contributed by atoms with Gasteiger partial charge in [0.1, 0.15) is 17.8 Å². The number of amides is 1. The Morgan fingerprint density at radius 2 is 2.06 bits per heavy atom. The number of hydrogen-bond donors (Lipinski definition) is 1. The van der Waals surface area contributed by atoms with Gasteiger partial charge in [-0.05, 0) is 31.9 Å². The van der Waals surface area contributed by atoms with E-state index < -0.39 is 11.5 Å². The average Bonchev–Trinajstić information content (AvgIpc) is 3.35. The van der Waals surface area contributed by atoms with Crippen LogP contribution in [0, 0.1) is 5.92 Å². The fraction of sp³-hybridized carbons (Fsp3) is 0.348. The highest BCUT2D eigenvalue weighted by Gasteiger charge is 2.43. The lowest BCUT2D eigenvalue weighted by Gasteiger charge is -2.27. The van der Waals surface area contributed by atoms with Crippen molar-refractivity contribution in [3.8, 4) is 0 Å². The number of nitrogens with one attached hydrogen (secondary N) is 1. The van der Waals surface area contributed by atoms with Gasteiger partial charge in [-0.2, -0.15) is 10.1 Å². The quantitative estimate of drug-likeness (QED) is 0.617. The molecule has 1 aromatic carbocycles. The predicted molar refractivity (Wildman–Crippen MR) is 117 cm³/mol. The lowest BCUT2D eigenvalue weighted by molar-refractivity contribution is -0.123. The first-order valence-electron chi connectivity index (χ1n) is 10.3. The number of aryl methyl sites for hydroxylation is 1. The minimum absolute atomic E-state index is 0.00668. The van der Waals surface area contributed by atoms with Gasteiger partial charge in [0.25, 0.3) is 5.91 Å². The lowest BCUT2D eigenvalue weighted by atomic mass is 9.88. The van der Waals surface area contributed by atoms with Crippen molar-refractivity contribution in [2.75, 3.05) is 0 Å². The van der Waals surface area contributed by atoms with Crippen molar-refractivity contribution in [3.05, 3.63) is 59.5 Å². The van der Waals surface area contributed by atoms with Gasteiger partial charge in [0, 0.05) is 23.7 Å². The Kier molecular flexibility index (Phi) is 5.31. The number of aliphatic imine (C=N–C) groups is 1. The van der Waals surface area contributed by atoms with Crippen LogP contribution in [0.4, 0.5) is 0 Å². The minimum Gasteiger partial charge on any atom is -0.457 e. The molecule has 3 heterocycles. The van der Waals surface area contributed by atoms with E-state index in [1.165, 1.54) is 0 Å². The van der Waals surface area contributed by atoms with Gasteiger partial charge >= 0.3 is 5.97 Å². The van der Waals surface area contributed by atoms with E-state index in [2.05, 4.69) is 20.4 Å². The number of rotatable bonds is 6. The first-order valence-corrected chi connectivity index (χ1v) is 10.3. The summed E-state index contributed by atoms with van der Waals surface area (Å²) in [5.74, 6) is -0.517. The number of nitrogens with zero attached hydrogens (tertiary/aromatic N) is 4. The summed E-state index contributed by atoms with van der Waals surface area (Å²) in [7, 11) is 0. The third-order valence-electron chi connectivity index (χ3n) is 5.74. The van der Waals surface area contributed by atoms with Crippen LogP contribution in [0.25, 0.3) is 10.9 Å². The molecule has 0 saturated heterocycles. The molecule has 0 fully saturated rings. The molecule has 1 N–H and O–H groups in total. The number of ether oxygens (including phenoxy) is 1. The molecule has 0 aliphatic carbocycles. The van der Waals surface area contributed by atoms with Gasteiger partial charge in [-0.3, -0.25) is 9.48 Å². The molecular formula is C23H25N5O3. The summed E-state index contributed by atoms with van der Waals surface area (Å²) in [6, 6.07) is 9.21. The highest BCUT2D eigenvalue weighted by atomic mass is 16.5. The van der Waals surface area contributed by atoms with Crippen LogP contribution < -0.4 is 5.32 Å². The van der Waals surface area contributed by atoms with Crippen LogP contribution in [0.15, 0.2) is 47.7 Å². The summed E-state index contributed by atoms with van der Waals surface area (Å²) in [6.45, 7) is 8.51. The number of carbonyl (C=O) groups is 2. The van der Waals surface area contributed by atoms with Crippen LogP contribution >= 0.6 is 0 Å². The summed E-state index contributed by atoms with van der Waals surface area (Å²) < 4.78 is 7.31. The average molecular weight is 419 g/mol. The number of fused-ring (bicyclic) bond motifs is 1. The number of carbonyl (C=O) groups excluding carboxylic acids is 2. The van der Waals surface area contributed by atoms with E-state index in [9.17, 15) is 9.59 Å². The molecule has 1 unspecified atom stereocenters. The number of esters is 1. The number of benzene rings is 1. The Morgan fingerprint density at radius 1 is 1.29 bits per heavy atom.